The number of carbonyl (C=O) groups is 2. The highest BCUT2D eigenvalue weighted by atomic mass is 32.2. The van der Waals surface area contributed by atoms with E-state index in [-0.39, 0.29) is 0 Å². The molecule has 0 atom stereocenters. The van der Waals surface area contributed by atoms with Crippen LogP contribution in [0, 0.1) is 0 Å². The molecule has 0 saturated carbocycles. The van der Waals surface area contributed by atoms with Crippen molar-refractivity contribution >= 4 is 37.4 Å². The molecule has 0 aromatic rings. The molecule has 0 bridgehead atoms. The molecule has 7 heteroatoms. The third-order valence-electron chi connectivity index (χ3n) is 0.738. The summed E-state index contributed by atoms with van der Waals surface area (Å²) in [7, 11) is -2.59. The van der Waals surface area contributed by atoms with Crippen molar-refractivity contribution in [3.63, 3.8) is 0 Å². The van der Waals surface area contributed by atoms with Crippen molar-refractivity contribution in [3.8, 4) is 0 Å². The van der Waals surface area contributed by atoms with Gasteiger partial charge in [0, 0.05) is 0 Å². The highest BCUT2D eigenvalue weighted by Crippen LogP contribution is 2.10. The van der Waals surface area contributed by atoms with Crippen LogP contribution in [-0.2, 0) is 15.1 Å². The minimum Gasteiger partial charge on any atom is -0.281 e. The molecule has 1 fully saturated rings. The van der Waals surface area contributed by atoms with E-state index >= 15 is 0 Å². The Morgan fingerprint density at radius 3 is 2.10 bits per heavy atom. The number of rotatable bonds is 0. The van der Waals surface area contributed by atoms with Crippen molar-refractivity contribution in [2.24, 2.45) is 0 Å². The molecule has 0 unspecified atom stereocenters. The zero-order valence-corrected chi connectivity index (χ0v) is 6.08. The van der Waals surface area contributed by atoms with Gasteiger partial charge in [-0.15, -0.1) is 0 Å². The molecule has 1 N–H and O–H groups in total. The van der Waals surface area contributed by atoms with E-state index in [2.05, 4.69) is 0 Å². The van der Waals surface area contributed by atoms with E-state index in [0.29, 0.717) is 11.8 Å². The van der Waals surface area contributed by atoms with Gasteiger partial charge in [-0.25, -0.2) is 0 Å². The highest BCUT2D eigenvalue weighted by Gasteiger charge is 2.28. The summed E-state index contributed by atoms with van der Waals surface area (Å²) in [6.45, 7) is 0. The smallest absolute Gasteiger partial charge is 0.281 e. The Morgan fingerprint density at radius 2 is 1.90 bits per heavy atom. The van der Waals surface area contributed by atoms with Gasteiger partial charge in [0.05, 0.1) is 0 Å². The lowest BCUT2D eigenvalue weighted by Crippen LogP contribution is -2.21. The van der Waals surface area contributed by atoms with Gasteiger partial charge < -0.3 is 0 Å². The minimum atomic E-state index is -2.59. The van der Waals surface area contributed by atoms with Crippen molar-refractivity contribution in [2.75, 3.05) is 0 Å². The summed E-state index contributed by atoms with van der Waals surface area (Å²) >= 11 is 0.386. The minimum absolute atomic E-state index is 0.386. The fourth-order valence-electron chi connectivity index (χ4n) is 0.409. The summed E-state index contributed by atoms with van der Waals surface area (Å²) in [6, 6.07) is 0. The van der Waals surface area contributed by atoms with E-state index in [9.17, 15) is 18.0 Å². The number of imide groups is 1. The lowest BCUT2D eigenvalue weighted by atomic mass is 10.7. The second kappa shape index (κ2) is 2.43. The standard InChI is InChI=1S/C3HNO4S2/c5-1-2(10(7)8)9-3(6)4-1/h(H,4,5,6). The molecule has 1 saturated heterocycles. The summed E-state index contributed by atoms with van der Waals surface area (Å²) in [5.74, 6) is -0.844. The van der Waals surface area contributed by atoms with E-state index < -0.39 is 25.6 Å². The molecule has 1 aliphatic rings. The molecule has 0 aliphatic carbocycles. The predicted molar refractivity (Wildman–Crippen MR) is 35.1 cm³/mol. The van der Waals surface area contributed by atoms with Gasteiger partial charge in [-0.05, 0) is 11.8 Å². The van der Waals surface area contributed by atoms with Crippen LogP contribution in [0.4, 0.5) is 4.79 Å². The summed E-state index contributed by atoms with van der Waals surface area (Å²) in [4.78, 5) is 20.7. The van der Waals surface area contributed by atoms with Gasteiger partial charge in [-0.3, -0.25) is 14.9 Å². The van der Waals surface area contributed by atoms with Gasteiger partial charge in [0.15, 0.2) is 0 Å². The maximum atomic E-state index is 10.4. The van der Waals surface area contributed by atoms with Crippen molar-refractivity contribution in [2.45, 2.75) is 0 Å². The largest absolute Gasteiger partial charge is 0.291 e. The van der Waals surface area contributed by atoms with E-state index in [0.717, 1.165) is 0 Å². The van der Waals surface area contributed by atoms with E-state index in [4.69, 9.17) is 0 Å². The molecule has 0 aromatic heterocycles. The number of carbonyl (C=O) groups excluding carboxylic acids is 2. The van der Waals surface area contributed by atoms with Crippen LogP contribution in [0.15, 0.2) is 0 Å². The predicted octanol–water partition coefficient (Wildman–Crippen LogP) is -1.02. The van der Waals surface area contributed by atoms with Crippen LogP contribution in [0.2, 0.25) is 0 Å². The highest BCUT2D eigenvalue weighted by molar-refractivity contribution is 8.34. The number of nitrogens with one attached hydrogen (secondary N) is 1. The lowest BCUT2D eigenvalue weighted by Gasteiger charge is -1.77. The van der Waals surface area contributed by atoms with Crippen LogP contribution in [0.3, 0.4) is 0 Å². The first kappa shape index (κ1) is 7.29. The topological polar surface area (TPSA) is 80.3 Å². The fraction of sp³-hybridized carbons (Fsp3) is 0. The van der Waals surface area contributed by atoms with Crippen molar-refractivity contribution in [1.82, 2.24) is 5.32 Å². The van der Waals surface area contributed by atoms with E-state index in [1.807, 2.05) is 0 Å². The Labute approximate surface area is 61.3 Å². The lowest BCUT2D eigenvalue weighted by molar-refractivity contribution is -0.113. The molecule has 5 nitrogen and oxygen atoms in total. The first-order valence-corrected chi connectivity index (χ1v) is 4.00. The quantitative estimate of drug-likeness (QED) is 0.481. The fourth-order valence-corrected chi connectivity index (χ4v) is 1.57. The second-order valence-electron chi connectivity index (χ2n) is 1.37. The van der Waals surface area contributed by atoms with Gasteiger partial charge in [-0.2, -0.15) is 8.42 Å². The number of amides is 2. The first-order chi connectivity index (χ1) is 4.61. The summed E-state index contributed by atoms with van der Waals surface area (Å²) < 4.78 is 19.7. The van der Waals surface area contributed by atoms with E-state index in [1.165, 1.54) is 0 Å². The number of hydrogen-bond donors (Lipinski definition) is 1. The number of thioether (sulfide) groups is 1. The summed E-state index contributed by atoms with van der Waals surface area (Å²) in [5, 5.41) is 1.15. The molecule has 1 rings (SSSR count). The Kier molecular flexibility index (Phi) is 1.77. The molecule has 10 heavy (non-hydrogen) atoms. The van der Waals surface area contributed by atoms with E-state index in [1.54, 1.807) is 5.32 Å². The first-order valence-electron chi connectivity index (χ1n) is 2.10. The van der Waals surface area contributed by atoms with Crippen molar-refractivity contribution in [3.05, 3.63) is 0 Å². The zero-order chi connectivity index (χ0) is 7.72. The zero-order valence-electron chi connectivity index (χ0n) is 4.45. The Morgan fingerprint density at radius 1 is 1.30 bits per heavy atom. The maximum Gasteiger partial charge on any atom is 0.291 e. The summed E-state index contributed by atoms with van der Waals surface area (Å²) in [6.07, 6.45) is 0. The molecule has 2 amide bonds. The van der Waals surface area contributed by atoms with Crippen molar-refractivity contribution < 1.29 is 18.0 Å². The van der Waals surface area contributed by atoms with Gasteiger partial charge >= 0.3 is 0 Å². The van der Waals surface area contributed by atoms with Gasteiger partial charge in [-0.1, -0.05) is 0 Å². The molecule has 1 aliphatic heterocycles. The van der Waals surface area contributed by atoms with Crippen LogP contribution in [0.25, 0.3) is 0 Å². The SMILES string of the molecule is O=C1NC(=O)C(=S(=O)=O)S1. The summed E-state index contributed by atoms with van der Waals surface area (Å²) in [5.41, 5.74) is 0. The van der Waals surface area contributed by atoms with Gasteiger partial charge in [0.1, 0.15) is 0 Å². The van der Waals surface area contributed by atoms with Gasteiger partial charge in [0.2, 0.25) is 14.5 Å². The Balaban J connectivity index is 3.18. The van der Waals surface area contributed by atoms with Gasteiger partial charge in [0.25, 0.3) is 11.1 Å². The third-order valence-corrected chi connectivity index (χ3v) is 2.54. The molecule has 0 radical (unpaired) electrons. The van der Waals surface area contributed by atoms with Crippen LogP contribution >= 0.6 is 11.8 Å². The van der Waals surface area contributed by atoms with Crippen LogP contribution in [-0.4, -0.2) is 23.8 Å². The monoisotopic (exact) mass is 179 g/mol. The molecule has 1 heterocycles. The second-order valence-corrected chi connectivity index (χ2v) is 3.49. The Hall–Kier alpha value is -0.820. The van der Waals surface area contributed by atoms with Crippen LogP contribution in [0.1, 0.15) is 0 Å². The molecule has 0 spiro atoms. The third kappa shape index (κ3) is 1.19. The molecule has 54 valence electrons. The normalized spacial score (nSPS) is 17.4. The van der Waals surface area contributed by atoms with Crippen LogP contribution < -0.4 is 5.32 Å². The number of hydrogen-bond acceptors (Lipinski definition) is 5. The average Bonchev–Trinajstić information content (AvgIpc) is 2.10. The van der Waals surface area contributed by atoms with Crippen LogP contribution in [0.5, 0.6) is 0 Å². The Bertz CT molecular complexity index is 318. The average molecular weight is 179 g/mol. The molecular weight excluding hydrogens is 178 g/mol. The maximum absolute atomic E-state index is 10.4. The van der Waals surface area contributed by atoms with Crippen molar-refractivity contribution in [1.29, 1.82) is 0 Å². The molecular formula is C3HNO4S2. The molecule has 0 aromatic carbocycles.